The minimum atomic E-state index is -4.94. The molecule has 1 aliphatic rings. The van der Waals surface area contributed by atoms with Gasteiger partial charge in [-0.25, -0.2) is 14.8 Å². The Hall–Kier alpha value is -4.86. The monoisotopic (exact) mass is 685 g/mol. The lowest BCUT2D eigenvalue weighted by Crippen LogP contribution is -2.47. The molecule has 3 aromatic rings. The number of nitrogens with zero attached hydrogens (tertiary/aromatic N) is 3. The zero-order valence-corrected chi connectivity index (χ0v) is 24.9. The number of hydrogen-bond donors (Lipinski definition) is 3. The van der Waals surface area contributed by atoms with Gasteiger partial charge in [0.05, 0.1) is 0 Å². The number of carbonyl (C=O) groups excluding carboxylic acids is 2. The number of halogens is 7. The van der Waals surface area contributed by atoms with Gasteiger partial charge in [-0.2, -0.15) is 13.2 Å². The maximum absolute atomic E-state index is 13.4. The Bertz CT molecular complexity index is 1610. The summed E-state index contributed by atoms with van der Waals surface area (Å²) in [7, 11) is 0. The van der Waals surface area contributed by atoms with E-state index in [4.69, 9.17) is 11.6 Å². The number of rotatable bonds is 10. The first-order valence-electron chi connectivity index (χ1n) is 13.9. The van der Waals surface area contributed by atoms with Crippen LogP contribution in [0.25, 0.3) is 6.08 Å². The van der Waals surface area contributed by atoms with Crippen molar-refractivity contribution in [3.05, 3.63) is 88.3 Å². The molecule has 10 nitrogen and oxygen atoms in total. The number of carboxylic acid groups (broad SMARTS) is 1. The first kappa shape index (κ1) is 35.0. The van der Waals surface area contributed by atoms with Crippen molar-refractivity contribution >= 4 is 41.4 Å². The van der Waals surface area contributed by atoms with E-state index in [-0.39, 0.29) is 43.9 Å². The molecule has 250 valence electrons. The van der Waals surface area contributed by atoms with Gasteiger partial charge in [0.25, 0.3) is 5.91 Å². The number of benzene rings is 2. The van der Waals surface area contributed by atoms with Crippen molar-refractivity contribution in [1.29, 1.82) is 0 Å². The minimum Gasteiger partial charge on any atom is -0.480 e. The van der Waals surface area contributed by atoms with Crippen LogP contribution in [0.5, 0.6) is 5.75 Å². The highest BCUT2D eigenvalue weighted by Gasteiger charge is 2.34. The number of hydrogen-bond acceptors (Lipinski definition) is 7. The van der Waals surface area contributed by atoms with Crippen LogP contribution in [0.3, 0.4) is 0 Å². The van der Waals surface area contributed by atoms with Crippen molar-refractivity contribution in [3.63, 3.8) is 0 Å². The number of carbonyl (C=O) groups is 3. The van der Waals surface area contributed by atoms with Crippen LogP contribution in [0.15, 0.2) is 66.5 Å². The molecule has 0 aliphatic carbocycles. The molecule has 2 aromatic carbocycles. The number of alkyl halides is 6. The van der Waals surface area contributed by atoms with Gasteiger partial charge in [-0.15, -0.1) is 13.2 Å². The Morgan fingerprint density at radius 1 is 1.00 bits per heavy atom. The van der Waals surface area contributed by atoms with Crippen LogP contribution >= 0.6 is 11.6 Å². The lowest BCUT2D eigenvalue weighted by Gasteiger charge is -2.31. The summed E-state index contributed by atoms with van der Waals surface area (Å²) in [6, 6.07) is 9.89. The molecule has 1 aliphatic heterocycles. The summed E-state index contributed by atoms with van der Waals surface area (Å²) in [6.07, 6.45) is -7.31. The molecule has 3 N–H and O–H groups in total. The highest BCUT2D eigenvalue weighted by Crippen LogP contribution is 2.29. The van der Waals surface area contributed by atoms with Gasteiger partial charge in [-0.1, -0.05) is 35.9 Å². The second-order valence-electron chi connectivity index (χ2n) is 10.4. The molecule has 1 fully saturated rings. The summed E-state index contributed by atoms with van der Waals surface area (Å²) in [5, 5.41) is 15.0. The zero-order valence-electron chi connectivity index (χ0n) is 24.1. The number of aliphatic carboxylic acids is 1. The maximum Gasteiger partial charge on any atom is 0.573 e. The van der Waals surface area contributed by atoms with Crippen LogP contribution in [-0.4, -0.2) is 58.4 Å². The molecular weight excluding hydrogens is 660 g/mol. The van der Waals surface area contributed by atoms with E-state index in [1.807, 2.05) is 0 Å². The van der Waals surface area contributed by atoms with Gasteiger partial charge >= 0.3 is 18.5 Å². The summed E-state index contributed by atoms with van der Waals surface area (Å²) in [5.74, 6) is -4.41. The number of carboxylic acids is 1. The Labute approximate surface area is 268 Å². The van der Waals surface area contributed by atoms with Gasteiger partial charge in [-0.05, 0) is 60.4 Å². The van der Waals surface area contributed by atoms with Crippen LogP contribution < -0.4 is 20.3 Å². The Morgan fingerprint density at radius 3 is 2.21 bits per heavy atom. The number of piperidine rings is 1. The summed E-state index contributed by atoms with van der Waals surface area (Å²) >= 11 is 5.88. The minimum absolute atomic E-state index is 0.119. The quantitative estimate of drug-likeness (QED) is 0.195. The van der Waals surface area contributed by atoms with Crippen molar-refractivity contribution in [3.8, 4) is 5.75 Å². The Balaban J connectivity index is 1.50. The van der Waals surface area contributed by atoms with E-state index < -0.39 is 59.4 Å². The van der Waals surface area contributed by atoms with Gasteiger partial charge < -0.3 is 25.4 Å². The molecular formula is C30H26ClF6N5O5. The van der Waals surface area contributed by atoms with Gasteiger partial charge in [-0.3, -0.25) is 9.59 Å². The number of nitrogens with one attached hydrogen (secondary N) is 2. The highest BCUT2D eigenvalue weighted by atomic mass is 35.5. The standard InChI is InChI=1S/C30H26ClF6N5O5/c31-20-5-1-17(2-6-20)16-23(27(45)46)40-26(44)22(15-18-3-7-21(8-4-18)47-30(35,36)37)39-25(43)19-10-13-42(14-11-19)28-38-12-9-24(41-28)29(32,33)34/h1-9,12,15,19,23H,10-11,13-14,16H2,(H,39,43)(H,40,44)(H,45,46). The smallest absolute Gasteiger partial charge is 0.480 e. The number of ether oxygens (including phenoxy) is 1. The summed E-state index contributed by atoms with van der Waals surface area (Å²) < 4.78 is 80.9. The molecule has 4 rings (SSSR count). The lowest BCUT2D eigenvalue weighted by atomic mass is 9.96. The average molecular weight is 686 g/mol. The first-order chi connectivity index (χ1) is 22.1. The second-order valence-corrected chi connectivity index (χ2v) is 10.8. The SMILES string of the molecule is O=C(NC(Cc1ccc(Cl)cc1)C(=O)O)C(=Cc1ccc(OC(F)(F)F)cc1)NC(=O)C1CCN(c2nccc(C(F)(F)F)n2)CC1. The van der Waals surface area contributed by atoms with Gasteiger partial charge in [0.1, 0.15) is 23.2 Å². The van der Waals surface area contributed by atoms with E-state index in [1.54, 1.807) is 24.3 Å². The maximum atomic E-state index is 13.4. The normalized spacial score (nSPS) is 15.1. The second kappa shape index (κ2) is 14.7. The number of anilines is 1. The molecule has 0 radical (unpaired) electrons. The topological polar surface area (TPSA) is 134 Å². The predicted octanol–water partition coefficient (Wildman–Crippen LogP) is 5.23. The highest BCUT2D eigenvalue weighted by molar-refractivity contribution is 6.30. The van der Waals surface area contributed by atoms with Crippen LogP contribution in [0.1, 0.15) is 29.7 Å². The van der Waals surface area contributed by atoms with Crippen molar-refractivity contribution in [2.24, 2.45) is 5.92 Å². The fourth-order valence-corrected chi connectivity index (χ4v) is 4.74. The molecule has 1 aromatic heterocycles. The van der Waals surface area contributed by atoms with Gasteiger partial charge in [0.2, 0.25) is 11.9 Å². The first-order valence-corrected chi connectivity index (χ1v) is 14.3. The van der Waals surface area contributed by atoms with Crippen molar-refractivity contribution in [2.45, 2.75) is 37.8 Å². The van der Waals surface area contributed by atoms with E-state index in [0.29, 0.717) is 10.6 Å². The van der Waals surface area contributed by atoms with E-state index >= 15 is 0 Å². The van der Waals surface area contributed by atoms with E-state index in [2.05, 4.69) is 25.3 Å². The van der Waals surface area contributed by atoms with Crippen LogP contribution in [-0.2, 0) is 27.0 Å². The summed E-state index contributed by atoms with van der Waals surface area (Å²) in [5.41, 5.74) is -0.804. The lowest BCUT2D eigenvalue weighted by molar-refractivity contribution is -0.274. The molecule has 2 amide bonds. The van der Waals surface area contributed by atoms with Crippen molar-refractivity contribution in [1.82, 2.24) is 20.6 Å². The third-order valence-electron chi connectivity index (χ3n) is 6.97. The molecule has 2 heterocycles. The third-order valence-corrected chi connectivity index (χ3v) is 7.22. The average Bonchev–Trinajstić information content (AvgIpc) is 3.01. The van der Waals surface area contributed by atoms with Crippen LogP contribution in [0.2, 0.25) is 5.02 Å². The van der Waals surface area contributed by atoms with Crippen molar-refractivity contribution in [2.75, 3.05) is 18.0 Å². The fourth-order valence-electron chi connectivity index (χ4n) is 4.62. The Kier molecular flexibility index (Phi) is 11.0. The van der Waals surface area contributed by atoms with Crippen molar-refractivity contribution < 1.29 is 50.6 Å². The molecule has 17 heteroatoms. The fraction of sp³-hybridized carbons (Fsp3) is 0.300. The van der Waals surface area contributed by atoms with Crippen LogP contribution in [0.4, 0.5) is 32.3 Å². The third kappa shape index (κ3) is 10.3. The molecule has 1 unspecified atom stereocenters. The molecule has 47 heavy (non-hydrogen) atoms. The number of amides is 2. The Morgan fingerprint density at radius 2 is 1.64 bits per heavy atom. The number of aromatic nitrogens is 2. The molecule has 0 saturated carbocycles. The van der Waals surface area contributed by atoms with E-state index in [0.717, 1.165) is 30.5 Å². The summed E-state index contributed by atoms with van der Waals surface area (Å²) in [6.45, 7) is 0.237. The molecule has 1 saturated heterocycles. The molecule has 0 bridgehead atoms. The largest absolute Gasteiger partial charge is 0.573 e. The van der Waals surface area contributed by atoms with Gasteiger partial charge in [0.15, 0.2) is 0 Å². The van der Waals surface area contributed by atoms with E-state index in [1.165, 1.54) is 17.0 Å². The van der Waals surface area contributed by atoms with E-state index in [9.17, 15) is 45.8 Å². The van der Waals surface area contributed by atoms with Crippen LogP contribution in [0, 0.1) is 5.92 Å². The molecule has 1 atom stereocenters. The zero-order chi connectivity index (χ0) is 34.4. The molecule has 0 spiro atoms. The van der Waals surface area contributed by atoms with Gasteiger partial charge in [0, 0.05) is 36.6 Å². The predicted molar refractivity (Wildman–Crippen MR) is 156 cm³/mol. The summed E-state index contributed by atoms with van der Waals surface area (Å²) in [4.78, 5) is 47.6.